The van der Waals surface area contributed by atoms with Gasteiger partial charge in [0, 0.05) is 38.8 Å². The van der Waals surface area contributed by atoms with E-state index in [2.05, 4.69) is 16.4 Å². The monoisotopic (exact) mass is 234 g/mol. The Balaban J connectivity index is 1.47. The summed E-state index contributed by atoms with van der Waals surface area (Å²) in [7, 11) is 0. The second kappa shape index (κ2) is 5.11. The Labute approximate surface area is 106 Å². The topological polar surface area (TPSA) is 6.48 Å². The maximum Gasteiger partial charge on any atom is 0.0127 e. The predicted octanol–water partition coefficient (Wildman–Crippen LogP) is 2.37. The molecule has 17 heavy (non-hydrogen) atoms. The third-order valence-corrected chi connectivity index (χ3v) is 5.23. The minimum Gasteiger partial charge on any atom is -0.300 e. The number of nitrogens with zero attached hydrogens (tertiary/aromatic N) is 2. The molecule has 2 saturated carbocycles. The van der Waals surface area contributed by atoms with Gasteiger partial charge in [0.25, 0.3) is 0 Å². The first-order valence-electron chi connectivity index (χ1n) is 7.44. The van der Waals surface area contributed by atoms with Crippen LogP contribution in [0.3, 0.4) is 0 Å². The molecule has 0 aromatic heterocycles. The maximum absolute atomic E-state index is 3.81. The summed E-state index contributed by atoms with van der Waals surface area (Å²) in [6.07, 6.45) is 9.29. The number of rotatable bonds is 4. The highest BCUT2D eigenvalue weighted by molar-refractivity contribution is 4.96. The van der Waals surface area contributed by atoms with Crippen LogP contribution in [0.25, 0.3) is 0 Å². The van der Waals surface area contributed by atoms with Crippen molar-refractivity contribution in [3.63, 3.8) is 0 Å². The van der Waals surface area contributed by atoms with Crippen LogP contribution >= 0.6 is 0 Å². The van der Waals surface area contributed by atoms with E-state index in [-0.39, 0.29) is 0 Å². The van der Waals surface area contributed by atoms with Crippen LogP contribution in [0.15, 0.2) is 12.7 Å². The zero-order valence-corrected chi connectivity index (χ0v) is 11.0. The van der Waals surface area contributed by atoms with E-state index in [9.17, 15) is 0 Å². The van der Waals surface area contributed by atoms with Crippen LogP contribution in [0, 0.1) is 11.8 Å². The largest absolute Gasteiger partial charge is 0.300 e. The number of hydrogen-bond acceptors (Lipinski definition) is 2. The van der Waals surface area contributed by atoms with Gasteiger partial charge >= 0.3 is 0 Å². The van der Waals surface area contributed by atoms with Crippen LogP contribution in [-0.2, 0) is 0 Å². The fourth-order valence-electron chi connectivity index (χ4n) is 4.25. The average molecular weight is 234 g/mol. The first-order valence-corrected chi connectivity index (χ1v) is 7.44. The van der Waals surface area contributed by atoms with E-state index in [0.717, 1.165) is 24.3 Å². The van der Waals surface area contributed by atoms with Gasteiger partial charge in [0.2, 0.25) is 0 Å². The molecule has 0 radical (unpaired) electrons. The van der Waals surface area contributed by atoms with Crippen LogP contribution in [0.5, 0.6) is 0 Å². The lowest BCUT2D eigenvalue weighted by Gasteiger charge is -2.41. The predicted molar refractivity (Wildman–Crippen MR) is 72.1 cm³/mol. The van der Waals surface area contributed by atoms with Crippen molar-refractivity contribution >= 4 is 0 Å². The molecule has 2 heteroatoms. The number of hydrogen-bond donors (Lipinski definition) is 0. The highest BCUT2D eigenvalue weighted by Gasteiger charge is 2.42. The molecule has 0 spiro atoms. The van der Waals surface area contributed by atoms with Gasteiger partial charge in [-0.3, -0.25) is 4.90 Å². The Morgan fingerprint density at radius 3 is 2.47 bits per heavy atom. The third-order valence-electron chi connectivity index (χ3n) is 5.23. The molecule has 0 aromatic rings. The zero-order chi connectivity index (χ0) is 11.7. The van der Waals surface area contributed by atoms with Crippen LogP contribution in [0.1, 0.15) is 32.1 Å². The summed E-state index contributed by atoms with van der Waals surface area (Å²) < 4.78 is 0. The Morgan fingerprint density at radius 1 is 1.06 bits per heavy atom. The summed E-state index contributed by atoms with van der Waals surface area (Å²) in [5.74, 6) is 2.14. The molecule has 2 aliphatic carbocycles. The van der Waals surface area contributed by atoms with Gasteiger partial charge in [0.1, 0.15) is 0 Å². The van der Waals surface area contributed by atoms with Crippen molar-refractivity contribution in [2.75, 3.05) is 32.7 Å². The SMILES string of the molecule is C=CCCN1CCN([C@H]2C[C@H]3CC[C@H]2C3)CC1. The molecule has 0 amide bonds. The van der Waals surface area contributed by atoms with E-state index in [1.807, 2.05) is 6.08 Å². The lowest BCUT2D eigenvalue weighted by molar-refractivity contribution is 0.0721. The molecule has 2 bridgehead atoms. The van der Waals surface area contributed by atoms with Crippen molar-refractivity contribution < 1.29 is 0 Å². The van der Waals surface area contributed by atoms with Crippen molar-refractivity contribution in [3.05, 3.63) is 12.7 Å². The van der Waals surface area contributed by atoms with Gasteiger partial charge in [0.15, 0.2) is 0 Å². The van der Waals surface area contributed by atoms with Gasteiger partial charge in [-0.25, -0.2) is 0 Å². The molecular formula is C15H26N2. The molecule has 0 unspecified atom stereocenters. The highest BCUT2D eigenvalue weighted by Crippen LogP contribution is 2.46. The third kappa shape index (κ3) is 2.43. The van der Waals surface area contributed by atoms with Crippen LogP contribution in [0.4, 0.5) is 0 Å². The van der Waals surface area contributed by atoms with Gasteiger partial charge in [0.05, 0.1) is 0 Å². The molecule has 1 saturated heterocycles. The number of piperazine rings is 1. The Bertz CT molecular complexity index is 268. The summed E-state index contributed by atoms with van der Waals surface area (Å²) in [6, 6.07) is 0.954. The molecule has 3 rings (SSSR count). The summed E-state index contributed by atoms with van der Waals surface area (Å²) in [5, 5.41) is 0. The summed E-state index contributed by atoms with van der Waals surface area (Å²) >= 11 is 0. The minimum atomic E-state index is 0.954. The molecule has 3 aliphatic rings. The quantitative estimate of drug-likeness (QED) is 0.689. The van der Waals surface area contributed by atoms with Crippen LogP contribution in [-0.4, -0.2) is 48.6 Å². The van der Waals surface area contributed by atoms with Crippen molar-refractivity contribution in [2.24, 2.45) is 11.8 Å². The van der Waals surface area contributed by atoms with Gasteiger partial charge in [-0.2, -0.15) is 0 Å². The minimum absolute atomic E-state index is 0.954. The summed E-state index contributed by atoms with van der Waals surface area (Å²) in [6.45, 7) is 10.2. The molecule has 0 aromatic carbocycles. The fourth-order valence-corrected chi connectivity index (χ4v) is 4.25. The van der Waals surface area contributed by atoms with Gasteiger partial charge < -0.3 is 4.90 Å². The van der Waals surface area contributed by atoms with Crippen molar-refractivity contribution in [3.8, 4) is 0 Å². The molecule has 96 valence electrons. The normalized spacial score (nSPS) is 38.7. The second-order valence-corrected chi connectivity index (χ2v) is 6.20. The van der Waals surface area contributed by atoms with Gasteiger partial charge in [-0.15, -0.1) is 6.58 Å². The molecule has 3 fully saturated rings. The van der Waals surface area contributed by atoms with Gasteiger partial charge in [-0.1, -0.05) is 12.5 Å². The Kier molecular flexibility index (Phi) is 3.53. The first-order chi connectivity index (χ1) is 8.36. The van der Waals surface area contributed by atoms with E-state index in [1.165, 1.54) is 52.0 Å². The van der Waals surface area contributed by atoms with Crippen molar-refractivity contribution in [2.45, 2.75) is 38.1 Å². The molecule has 2 nitrogen and oxygen atoms in total. The zero-order valence-electron chi connectivity index (χ0n) is 11.0. The van der Waals surface area contributed by atoms with Crippen molar-refractivity contribution in [1.29, 1.82) is 0 Å². The average Bonchev–Trinajstić information content (AvgIpc) is 2.99. The highest BCUT2D eigenvalue weighted by atomic mass is 15.3. The fraction of sp³-hybridized carbons (Fsp3) is 0.867. The lowest BCUT2D eigenvalue weighted by Crippen LogP contribution is -2.51. The molecule has 0 N–H and O–H groups in total. The molecular weight excluding hydrogens is 208 g/mol. The van der Waals surface area contributed by atoms with E-state index < -0.39 is 0 Å². The van der Waals surface area contributed by atoms with E-state index in [0.29, 0.717) is 0 Å². The van der Waals surface area contributed by atoms with E-state index in [1.54, 1.807) is 6.42 Å². The Morgan fingerprint density at radius 2 is 1.88 bits per heavy atom. The maximum atomic E-state index is 3.81. The number of fused-ring (bicyclic) bond motifs is 2. The van der Waals surface area contributed by atoms with Crippen molar-refractivity contribution in [1.82, 2.24) is 9.80 Å². The first kappa shape index (κ1) is 11.7. The lowest BCUT2D eigenvalue weighted by atomic mass is 9.93. The van der Waals surface area contributed by atoms with Crippen LogP contribution < -0.4 is 0 Å². The standard InChI is InChI=1S/C15H26N2/c1-2-3-6-16-7-9-17(10-8-16)15-12-13-4-5-14(15)11-13/h2,13-15H,1,3-12H2/t13-,14-,15-/m0/s1. The summed E-state index contributed by atoms with van der Waals surface area (Å²) in [4.78, 5) is 5.40. The second-order valence-electron chi connectivity index (χ2n) is 6.20. The van der Waals surface area contributed by atoms with Gasteiger partial charge in [-0.05, 0) is 37.5 Å². The summed E-state index contributed by atoms with van der Waals surface area (Å²) in [5.41, 5.74) is 0. The van der Waals surface area contributed by atoms with E-state index in [4.69, 9.17) is 0 Å². The smallest absolute Gasteiger partial charge is 0.0127 e. The van der Waals surface area contributed by atoms with Crippen LogP contribution in [0.2, 0.25) is 0 Å². The van der Waals surface area contributed by atoms with E-state index >= 15 is 0 Å². The molecule has 3 atom stereocenters. The Hall–Kier alpha value is -0.340. The molecule has 1 aliphatic heterocycles. The molecule has 1 heterocycles.